The highest BCUT2D eigenvalue weighted by atomic mass is 16.7. The summed E-state index contributed by atoms with van der Waals surface area (Å²) >= 11 is 0. The van der Waals surface area contributed by atoms with Gasteiger partial charge in [0.2, 0.25) is 0 Å². The highest BCUT2D eigenvalue weighted by molar-refractivity contribution is 6.01. The van der Waals surface area contributed by atoms with Crippen LogP contribution in [0.2, 0.25) is 0 Å². The zero-order valence-electron chi connectivity index (χ0n) is 15.2. The van der Waals surface area contributed by atoms with E-state index in [2.05, 4.69) is 6.92 Å². The molecule has 140 valence electrons. The van der Waals surface area contributed by atoms with E-state index in [1.165, 1.54) is 0 Å². The van der Waals surface area contributed by atoms with Gasteiger partial charge in [0.25, 0.3) is 0 Å². The van der Waals surface area contributed by atoms with Crippen molar-refractivity contribution in [2.24, 2.45) is 41.4 Å². The Morgan fingerprint density at radius 1 is 1.12 bits per heavy atom. The van der Waals surface area contributed by atoms with E-state index < -0.39 is 0 Å². The summed E-state index contributed by atoms with van der Waals surface area (Å²) in [6.07, 6.45) is 9.79. The molecule has 0 spiro atoms. The van der Waals surface area contributed by atoms with E-state index in [0.29, 0.717) is 6.42 Å². The SMILES string of the molecule is CCC1(OCOC(=O)C2CC3C(=O)C2C2C4C=CC(C4=O)C32)CCCC1. The molecule has 4 saturated carbocycles. The van der Waals surface area contributed by atoms with Crippen molar-refractivity contribution < 1.29 is 23.9 Å². The van der Waals surface area contributed by atoms with E-state index in [1.807, 2.05) is 12.2 Å². The molecule has 0 N–H and O–H groups in total. The van der Waals surface area contributed by atoms with E-state index >= 15 is 0 Å². The average Bonchev–Trinajstić information content (AvgIpc) is 3.43. The van der Waals surface area contributed by atoms with Crippen molar-refractivity contribution in [3.63, 3.8) is 0 Å². The summed E-state index contributed by atoms with van der Waals surface area (Å²) in [6.45, 7) is 2.09. The summed E-state index contributed by atoms with van der Waals surface area (Å²) in [6, 6.07) is 0. The molecule has 26 heavy (non-hydrogen) atoms. The predicted octanol–water partition coefficient (Wildman–Crippen LogP) is 2.68. The molecule has 0 radical (unpaired) electrons. The summed E-state index contributed by atoms with van der Waals surface area (Å²) in [5, 5.41) is 0. The maximum atomic E-state index is 12.7. The van der Waals surface area contributed by atoms with Gasteiger partial charge in [-0.2, -0.15) is 0 Å². The largest absolute Gasteiger partial charge is 0.438 e. The lowest BCUT2D eigenvalue weighted by atomic mass is 9.69. The molecule has 0 saturated heterocycles. The van der Waals surface area contributed by atoms with Crippen molar-refractivity contribution >= 4 is 17.5 Å². The summed E-state index contributed by atoms with van der Waals surface area (Å²) in [5.41, 5.74) is -0.141. The number of hydrogen-bond acceptors (Lipinski definition) is 5. The van der Waals surface area contributed by atoms with Gasteiger partial charge in [-0.1, -0.05) is 31.9 Å². The molecule has 5 heteroatoms. The fraction of sp³-hybridized carbons (Fsp3) is 0.762. The molecule has 5 aliphatic rings. The van der Waals surface area contributed by atoms with Crippen LogP contribution in [-0.2, 0) is 23.9 Å². The molecule has 0 aromatic rings. The fourth-order valence-corrected chi connectivity index (χ4v) is 6.72. The van der Waals surface area contributed by atoms with Gasteiger partial charge in [0, 0.05) is 23.7 Å². The maximum Gasteiger partial charge on any atom is 0.311 e. The molecule has 0 aromatic heterocycles. The van der Waals surface area contributed by atoms with Crippen molar-refractivity contribution in [1.82, 2.24) is 0 Å². The van der Waals surface area contributed by atoms with Crippen LogP contribution < -0.4 is 0 Å². The lowest BCUT2D eigenvalue weighted by Crippen LogP contribution is -2.36. The predicted molar refractivity (Wildman–Crippen MR) is 91.7 cm³/mol. The van der Waals surface area contributed by atoms with Gasteiger partial charge in [0.1, 0.15) is 11.6 Å². The number of Topliss-reactive ketones (excluding diaryl/α,β-unsaturated/α-hetero) is 2. The fourth-order valence-electron chi connectivity index (χ4n) is 6.72. The van der Waals surface area contributed by atoms with Crippen LogP contribution in [0.1, 0.15) is 45.4 Å². The molecular formula is C21H26O5. The van der Waals surface area contributed by atoms with Crippen LogP contribution in [0.15, 0.2) is 12.2 Å². The number of hydrogen-bond donors (Lipinski definition) is 0. The molecule has 0 heterocycles. The lowest BCUT2D eigenvalue weighted by Gasteiger charge is -2.33. The first kappa shape index (κ1) is 16.7. The highest BCUT2D eigenvalue weighted by Crippen LogP contribution is 2.64. The molecule has 7 atom stereocenters. The zero-order valence-corrected chi connectivity index (χ0v) is 15.2. The van der Waals surface area contributed by atoms with Crippen LogP contribution in [0.25, 0.3) is 0 Å². The first-order valence-electron chi connectivity index (χ1n) is 10.1. The van der Waals surface area contributed by atoms with Crippen LogP contribution in [0.3, 0.4) is 0 Å². The van der Waals surface area contributed by atoms with Gasteiger partial charge >= 0.3 is 5.97 Å². The number of rotatable bonds is 5. The molecule has 4 bridgehead atoms. The van der Waals surface area contributed by atoms with Crippen molar-refractivity contribution in [2.75, 3.05) is 6.79 Å². The number of ether oxygens (including phenoxy) is 2. The average molecular weight is 358 g/mol. The van der Waals surface area contributed by atoms with Crippen molar-refractivity contribution in [3.8, 4) is 0 Å². The third-order valence-corrected chi connectivity index (χ3v) is 8.00. The second kappa shape index (κ2) is 5.75. The molecule has 5 nitrogen and oxygen atoms in total. The van der Waals surface area contributed by atoms with Crippen LogP contribution in [-0.4, -0.2) is 29.9 Å². The Balaban J connectivity index is 1.24. The van der Waals surface area contributed by atoms with Crippen molar-refractivity contribution in [2.45, 2.75) is 51.0 Å². The minimum absolute atomic E-state index is 0.0201. The quantitative estimate of drug-likeness (QED) is 0.327. The van der Waals surface area contributed by atoms with E-state index in [4.69, 9.17) is 9.47 Å². The number of ketones is 2. The standard InChI is InChI=1S/C21H26O5/c1-2-21(7-3-4-8-21)26-10-25-20(24)14-9-13-15-11-5-6-12(18(11)22)16(15)17(14)19(13)23/h5-6,11-17H,2-4,7-10H2,1H3. The number of fused-ring (bicyclic) bond motifs is 9. The number of carbonyl (C=O) groups excluding carboxylic acids is 3. The zero-order chi connectivity index (χ0) is 18.1. The number of allylic oxidation sites excluding steroid dienone is 2. The van der Waals surface area contributed by atoms with Gasteiger partial charge in [-0.3, -0.25) is 14.4 Å². The van der Waals surface area contributed by atoms with E-state index in [1.54, 1.807) is 0 Å². The monoisotopic (exact) mass is 358 g/mol. The van der Waals surface area contributed by atoms with Crippen LogP contribution in [0.5, 0.6) is 0 Å². The molecule has 4 fully saturated rings. The Labute approximate surface area is 153 Å². The molecule has 7 unspecified atom stereocenters. The molecule has 5 rings (SSSR count). The Morgan fingerprint density at radius 2 is 1.81 bits per heavy atom. The molecule has 0 amide bonds. The Hall–Kier alpha value is -1.49. The topological polar surface area (TPSA) is 69.7 Å². The first-order chi connectivity index (χ1) is 12.6. The first-order valence-corrected chi connectivity index (χ1v) is 10.1. The van der Waals surface area contributed by atoms with Gasteiger partial charge in [-0.25, -0.2) is 0 Å². The van der Waals surface area contributed by atoms with Crippen LogP contribution >= 0.6 is 0 Å². The second-order valence-electron chi connectivity index (χ2n) is 8.84. The minimum Gasteiger partial charge on any atom is -0.438 e. The number of carbonyl (C=O) groups is 3. The molecule has 0 aromatic carbocycles. The minimum atomic E-state index is -0.390. The Morgan fingerprint density at radius 3 is 2.50 bits per heavy atom. The third kappa shape index (κ3) is 2.09. The molecular weight excluding hydrogens is 332 g/mol. The van der Waals surface area contributed by atoms with Crippen molar-refractivity contribution in [3.05, 3.63) is 12.2 Å². The van der Waals surface area contributed by atoms with E-state index in [-0.39, 0.29) is 71.4 Å². The van der Waals surface area contributed by atoms with Crippen molar-refractivity contribution in [1.29, 1.82) is 0 Å². The van der Waals surface area contributed by atoms with Crippen LogP contribution in [0.4, 0.5) is 0 Å². The summed E-state index contributed by atoms with van der Waals surface area (Å²) in [4.78, 5) is 37.8. The van der Waals surface area contributed by atoms with Crippen LogP contribution in [0, 0.1) is 41.4 Å². The van der Waals surface area contributed by atoms with Gasteiger partial charge in [0.05, 0.1) is 11.5 Å². The molecule has 0 aliphatic heterocycles. The van der Waals surface area contributed by atoms with Gasteiger partial charge in [0.15, 0.2) is 6.79 Å². The Kier molecular flexibility index (Phi) is 3.69. The van der Waals surface area contributed by atoms with E-state index in [0.717, 1.165) is 32.1 Å². The lowest BCUT2D eigenvalue weighted by molar-refractivity contribution is -0.180. The third-order valence-electron chi connectivity index (χ3n) is 8.00. The van der Waals surface area contributed by atoms with E-state index in [9.17, 15) is 14.4 Å². The van der Waals surface area contributed by atoms with Gasteiger partial charge in [-0.15, -0.1) is 0 Å². The summed E-state index contributed by atoms with van der Waals surface area (Å²) in [7, 11) is 0. The highest BCUT2D eigenvalue weighted by Gasteiger charge is 2.69. The van der Waals surface area contributed by atoms with Gasteiger partial charge < -0.3 is 9.47 Å². The number of esters is 1. The smallest absolute Gasteiger partial charge is 0.311 e. The Bertz CT molecular complexity index is 689. The normalized spacial score (nSPS) is 44.1. The summed E-state index contributed by atoms with van der Waals surface area (Å²) < 4.78 is 11.4. The second-order valence-corrected chi connectivity index (χ2v) is 8.84. The maximum absolute atomic E-state index is 12.7. The molecule has 5 aliphatic carbocycles. The summed E-state index contributed by atoms with van der Waals surface area (Å²) in [5.74, 6) is -0.797. The van der Waals surface area contributed by atoms with Gasteiger partial charge in [-0.05, 0) is 37.5 Å².